The summed E-state index contributed by atoms with van der Waals surface area (Å²) in [7, 11) is 0. The summed E-state index contributed by atoms with van der Waals surface area (Å²) in [5.74, 6) is -3.25. The number of carbonyl (C=O) groups excluding carboxylic acids is 3. The number of aliphatic carboxylic acids is 3. The monoisotopic (exact) mass is 329 g/mol. The number of rotatable bonds is 0. The third-order valence-corrected chi connectivity index (χ3v) is 0. The second-order valence-electron chi connectivity index (χ2n) is 1.71. The van der Waals surface area contributed by atoms with E-state index >= 15 is 0 Å². The van der Waals surface area contributed by atoms with E-state index < -0.39 is 23.0 Å². The largest absolute Gasteiger partial charge is 3.00 e. The van der Waals surface area contributed by atoms with Crippen LogP contribution >= 0.6 is 0 Å². The van der Waals surface area contributed by atoms with Crippen LogP contribution < -0.4 is 15.3 Å². The summed E-state index contributed by atoms with van der Waals surface area (Å²) in [5, 5.41) is 40.3. The van der Waals surface area contributed by atoms with Gasteiger partial charge in [0.1, 0.15) is 0 Å². The Bertz CT molecular complexity index is 166. The Kier molecular flexibility index (Phi) is 42.0. The molecule has 11 heteroatoms. The van der Waals surface area contributed by atoms with E-state index in [-0.39, 0.29) is 32.7 Å². The first-order valence-corrected chi connectivity index (χ1v) is 3.29. The number of carboxylic acids is 3. The van der Waals surface area contributed by atoms with Gasteiger partial charge in [-0.05, 0) is 20.8 Å². The SMILES string of the molecule is CC(=O)[O-].CC(=O)[O-].CC(=O)[O-].O=[N+]([O-])O.[Y+3]. The molecular weight excluding hydrogens is 319 g/mol. The second-order valence-corrected chi connectivity index (χ2v) is 1.71. The quantitative estimate of drug-likeness (QED) is 0.341. The number of carbonyl (C=O) groups is 3. The number of hydrogen-bond acceptors (Lipinski definition) is 8. The van der Waals surface area contributed by atoms with Crippen molar-refractivity contribution in [2.75, 3.05) is 0 Å². The molecule has 0 aliphatic carbocycles. The molecular formula is C6H10NO9Y. The summed E-state index contributed by atoms with van der Waals surface area (Å²) < 4.78 is 0. The van der Waals surface area contributed by atoms with Crippen LogP contribution in [0.2, 0.25) is 0 Å². The zero-order valence-electron chi connectivity index (χ0n) is 9.24. The van der Waals surface area contributed by atoms with Gasteiger partial charge in [0.25, 0.3) is 5.09 Å². The van der Waals surface area contributed by atoms with Crippen LogP contribution in [-0.4, -0.2) is 28.2 Å². The maximum absolute atomic E-state index is 8.89. The first-order chi connectivity index (χ1) is 6.93. The van der Waals surface area contributed by atoms with Gasteiger partial charge < -0.3 is 34.9 Å². The molecule has 0 rings (SSSR count). The number of carboxylic acid groups (broad SMARTS) is 3. The fourth-order valence-electron chi connectivity index (χ4n) is 0. The minimum absolute atomic E-state index is 0. The maximum atomic E-state index is 8.89. The molecule has 0 aromatic carbocycles. The molecule has 17 heavy (non-hydrogen) atoms. The fraction of sp³-hybridized carbons (Fsp3) is 0.500. The molecule has 0 radical (unpaired) electrons. The Labute approximate surface area is 121 Å². The fourth-order valence-corrected chi connectivity index (χ4v) is 0. The Morgan fingerprint density at radius 1 is 0.882 bits per heavy atom. The third-order valence-electron chi connectivity index (χ3n) is 0. The average molecular weight is 329 g/mol. The maximum Gasteiger partial charge on any atom is 3.00 e. The first-order valence-electron chi connectivity index (χ1n) is 3.29. The minimum Gasteiger partial charge on any atom is -0.550 e. The van der Waals surface area contributed by atoms with Crippen molar-refractivity contribution in [2.24, 2.45) is 0 Å². The molecule has 0 saturated heterocycles. The van der Waals surface area contributed by atoms with E-state index in [1.54, 1.807) is 0 Å². The van der Waals surface area contributed by atoms with Crippen molar-refractivity contribution in [3.05, 3.63) is 10.1 Å². The molecule has 0 aliphatic rings. The molecule has 0 aromatic heterocycles. The van der Waals surface area contributed by atoms with Crippen molar-refractivity contribution in [2.45, 2.75) is 20.8 Å². The standard InChI is InChI=1S/3C2H4O2.HNO3.Y/c3*1-2(3)4;2-1(3)4;/h3*1H3,(H,3,4);(H,2,3,4);/q;;;;+3/p-3. The van der Waals surface area contributed by atoms with Crippen molar-refractivity contribution in [3.8, 4) is 0 Å². The summed E-state index contributed by atoms with van der Waals surface area (Å²) in [6.45, 7) is 2.92. The molecule has 10 nitrogen and oxygen atoms in total. The van der Waals surface area contributed by atoms with Crippen LogP contribution in [0.1, 0.15) is 20.8 Å². The molecule has 0 saturated carbocycles. The third kappa shape index (κ3) is 1440. The van der Waals surface area contributed by atoms with Gasteiger partial charge in [0.15, 0.2) is 0 Å². The zero-order valence-corrected chi connectivity index (χ0v) is 12.1. The van der Waals surface area contributed by atoms with Crippen molar-refractivity contribution < 1.29 is 72.7 Å². The Balaban J connectivity index is -0.0000000369. The van der Waals surface area contributed by atoms with E-state index in [0.29, 0.717) is 0 Å². The van der Waals surface area contributed by atoms with E-state index in [0.717, 1.165) is 20.8 Å². The van der Waals surface area contributed by atoms with Crippen molar-refractivity contribution >= 4 is 17.9 Å². The van der Waals surface area contributed by atoms with Gasteiger partial charge >= 0.3 is 32.7 Å². The number of hydrogen-bond donors (Lipinski definition) is 1. The molecule has 0 spiro atoms. The smallest absolute Gasteiger partial charge is 0.550 e. The predicted octanol–water partition coefficient (Wildman–Crippen LogP) is -4.08. The first kappa shape index (κ1) is 29.6. The van der Waals surface area contributed by atoms with Gasteiger partial charge in [0.2, 0.25) is 0 Å². The van der Waals surface area contributed by atoms with Crippen LogP contribution in [0, 0.1) is 10.1 Å². The summed E-state index contributed by atoms with van der Waals surface area (Å²) in [6.07, 6.45) is 0. The molecule has 1 N–H and O–H groups in total. The van der Waals surface area contributed by atoms with E-state index in [4.69, 9.17) is 45.0 Å². The molecule has 0 atom stereocenters. The summed E-state index contributed by atoms with van der Waals surface area (Å²) in [5.41, 5.74) is 0. The van der Waals surface area contributed by atoms with E-state index in [9.17, 15) is 0 Å². The van der Waals surface area contributed by atoms with Crippen LogP contribution in [-0.2, 0) is 47.1 Å². The van der Waals surface area contributed by atoms with Gasteiger partial charge in [-0.1, -0.05) is 0 Å². The van der Waals surface area contributed by atoms with Crippen molar-refractivity contribution in [1.82, 2.24) is 0 Å². The van der Waals surface area contributed by atoms with Gasteiger partial charge in [-0.25, -0.2) is 0 Å². The zero-order chi connectivity index (χ0) is 14.3. The second kappa shape index (κ2) is 24.1. The van der Waals surface area contributed by atoms with E-state index in [1.807, 2.05) is 0 Å². The topological polar surface area (TPSA) is 184 Å². The molecule has 0 aromatic rings. The van der Waals surface area contributed by atoms with Gasteiger partial charge in [0, 0.05) is 17.9 Å². The van der Waals surface area contributed by atoms with E-state index in [2.05, 4.69) is 0 Å². The van der Waals surface area contributed by atoms with Crippen LogP contribution in [0.5, 0.6) is 0 Å². The molecule has 0 heterocycles. The Morgan fingerprint density at radius 3 is 0.882 bits per heavy atom. The summed E-state index contributed by atoms with van der Waals surface area (Å²) >= 11 is 0. The average Bonchev–Trinajstić information content (AvgIpc) is 1.76. The summed E-state index contributed by atoms with van der Waals surface area (Å²) in [4.78, 5) is 35.0. The molecule has 96 valence electrons. The Hall–Kier alpha value is -1.29. The number of nitrogens with zero attached hydrogens (tertiary/aromatic N) is 1. The van der Waals surface area contributed by atoms with Crippen LogP contribution in [0.15, 0.2) is 0 Å². The van der Waals surface area contributed by atoms with Crippen LogP contribution in [0.4, 0.5) is 0 Å². The van der Waals surface area contributed by atoms with Gasteiger partial charge in [-0.3, -0.25) is 0 Å². The molecule has 0 amide bonds. The molecule has 0 bridgehead atoms. The Morgan fingerprint density at radius 2 is 0.882 bits per heavy atom. The van der Waals surface area contributed by atoms with Crippen molar-refractivity contribution in [3.63, 3.8) is 0 Å². The normalized spacial score (nSPS) is 5.82. The van der Waals surface area contributed by atoms with Crippen LogP contribution in [0.25, 0.3) is 0 Å². The molecule has 0 fully saturated rings. The summed E-state index contributed by atoms with van der Waals surface area (Å²) in [6, 6.07) is 0. The molecule has 0 unspecified atom stereocenters. The minimum atomic E-state index is -1.50. The van der Waals surface area contributed by atoms with Crippen molar-refractivity contribution in [1.29, 1.82) is 0 Å². The van der Waals surface area contributed by atoms with Crippen LogP contribution in [0.3, 0.4) is 0 Å². The van der Waals surface area contributed by atoms with Gasteiger partial charge in [-0.2, -0.15) is 0 Å². The van der Waals surface area contributed by atoms with Gasteiger partial charge in [0.05, 0.1) is 0 Å². The predicted molar refractivity (Wildman–Crippen MR) is 40.8 cm³/mol. The van der Waals surface area contributed by atoms with Gasteiger partial charge in [-0.15, -0.1) is 10.1 Å². The van der Waals surface area contributed by atoms with E-state index in [1.165, 1.54) is 0 Å². The molecule has 0 aliphatic heterocycles.